The lowest BCUT2D eigenvalue weighted by Crippen LogP contribution is -2.13. The second-order valence-electron chi connectivity index (χ2n) is 9.94. The van der Waals surface area contributed by atoms with E-state index in [1.807, 2.05) is 6.07 Å². The number of halogens is 4. The summed E-state index contributed by atoms with van der Waals surface area (Å²) in [6, 6.07) is 31.7. The van der Waals surface area contributed by atoms with Crippen LogP contribution < -0.4 is 4.74 Å². The Balaban J connectivity index is 1.57. The van der Waals surface area contributed by atoms with Crippen molar-refractivity contribution in [2.24, 2.45) is 0 Å². The van der Waals surface area contributed by atoms with Crippen molar-refractivity contribution in [3.05, 3.63) is 143 Å². The average Bonchev–Trinajstić information content (AvgIpc) is 3.04. The van der Waals surface area contributed by atoms with Gasteiger partial charge in [-0.15, -0.1) is 0 Å². The summed E-state index contributed by atoms with van der Waals surface area (Å²) in [5, 5.41) is 0.316. The lowest BCUT2D eigenvalue weighted by molar-refractivity contribution is -0.137. The first kappa shape index (κ1) is 33.6. The van der Waals surface area contributed by atoms with Crippen LogP contribution in [0.15, 0.2) is 146 Å². The van der Waals surface area contributed by atoms with E-state index in [9.17, 15) is 26.4 Å². The number of methoxy groups -OCH3 is 1. The summed E-state index contributed by atoms with van der Waals surface area (Å²) >= 11 is 7.73. The van der Waals surface area contributed by atoms with Crippen LogP contribution in [0.25, 0.3) is 0 Å². The predicted octanol–water partition coefficient (Wildman–Crippen LogP) is 9.92. The van der Waals surface area contributed by atoms with Crippen LogP contribution in [0.5, 0.6) is 5.75 Å². The molecular formula is C34H26ClF3O5S3. The van der Waals surface area contributed by atoms with Crippen molar-refractivity contribution < 1.29 is 34.7 Å². The lowest BCUT2D eigenvalue weighted by Gasteiger charge is -2.39. The standard InChI is InChI=1S/C34H26ClF3O5S3/c1-42-25-10-17-29(18-11-25)46(43-45(2,40)41,28-15-8-24(9-16-28)34(36,37)38)30-19-12-26(13-20-30)44-27-14-21-32(35)31(22-27)33(39)23-6-4-3-5-7-23/h3-22H,1-2H3. The van der Waals surface area contributed by atoms with E-state index in [0.717, 1.165) is 28.2 Å². The monoisotopic (exact) mass is 702 g/mol. The number of carbonyl (C=O) groups is 1. The van der Waals surface area contributed by atoms with Crippen molar-refractivity contribution in [3.63, 3.8) is 0 Å². The normalized spacial score (nSPS) is 13.9. The highest BCUT2D eigenvalue weighted by Gasteiger charge is 2.38. The van der Waals surface area contributed by atoms with Gasteiger partial charge in [0.1, 0.15) is 5.75 Å². The van der Waals surface area contributed by atoms with E-state index in [0.29, 0.717) is 31.7 Å². The second kappa shape index (κ2) is 13.5. The minimum atomic E-state index is -4.58. The fraction of sp³-hybridized carbons (Fsp3) is 0.0882. The molecule has 0 radical (unpaired) electrons. The van der Waals surface area contributed by atoms with Gasteiger partial charge in [0.15, 0.2) is 5.78 Å². The largest absolute Gasteiger partial charge is 0.497 e. The molecule has 5 rings (SSSR count). The van der Waals surface area contributed by atoms with Crippen LogP contribution in [0.3, 0.4) is 0 Å². The molecule has 0 aliphatic heterocycles. The molecule has 0 spiro atoms. The van der Waals surface area contributed by atoms with Gasteiger partial charge in [0.05, 0.1) is 24.0 Å². The zero-order chi connectivity index (χ0) is 33.1. The molecule has 0 aromatic heterocycles. The van der Waals surface area contributed by atoms with Crippen LogP contribution in [-0.4, -0.2) is 27.6 Å². The molecule has 12 heteroatoms. The Hall–Kier alpha value is -3.74. The number of ketones is 1. The molecule has 1 unspecified atom stereocenters. The van der Waals surface area contributed by atoms with Gasteiger partial charge in [0.25, 0.3) is 10.1 Å². The third-order valence-corrected chi connectivity index (χ3v) is 12.7. The zero-order valence-electron chi connectivity index (χ0n) is 24.3. The molecule has 0 saturated carbocycles. The van der Waals surface area contributed by atoms with Crippen LogP contribution >= 0.6 is 33.7 Å². The summed E-state index contributed by atoms with van der Waals surface area (Å²) < 4.78 is 77.1. The predicted molar refractivity (Wildman–Crippen MR) is 175 cm³/mol. The van der Waals surface area contributed by atoms with Gasteiger partial charge in [-0.05, 0) is 101 Å². The van der Waals surface area contributed by atoms with E-state index in [-0.39, 0.29) is 10.7 Å². The molecule has 0 bridgehead atoms. The minimum Gasteiger partial charge on any atom is -0.497 e. The molecule has 5 aromatic carbocycles. The fourth-order valence-electron chi connectivity index (χ4n) is 4.64. The Labute approximate surface area is 276 Å². The van der Waals surface area contributed by atoms with E-state index < -0.39 is 32.2 Å². The number of ether oxygens (including phenoxy) is 1. The average molecular weight is 703 g/mol. The summed E-state index contributed by atoms with van der Waals surface area (Å²) in [6.07, 6.45) is -3.68. The molecule has 1 atom stereocenters. The summed E-state index contributed by atoms with van der Waals surface area (Å²) in [7, 11) is -5.77. The first-order chi connectivity index (χ1) is 21.8. The third-order valence-electron chi connectivity index (χ3n) is 6.74. The highest BCUT2D eigenvalue weighted by Crippen LogP contribution is 2.70. The first-order valence-corrected chi connectivity index (χ1v) is 18.1. The van der Waals surface area contributed by atoms with E-state index in [2.05, 4.69) is 0 Å². The van der Waals surface area contributed by atoms with E-state index in [4.69, 9.17) is 20.0 Å². The van der Waals surface area contributed by atoms with Gasteiger partial charge in [-0.3, -0.25) is 4.79 Å². The van der Waals surface area contributed by atoms with Gasteiger partial charge in [0.2, 0.25) is 0 Å². The maximum atomic E-state index is 13.5. The molecule has 238 valence electrons. The summed E-state index contributed by atoms with van der Waals surface area (Å²) in [4.78, 5) is 15.7. The number of alkyl halides is 3. The molecule has 0 aliphatic carbocycles. The molecule has 0 fully saturated rings. The van der Waals surface area contributed by atoms with Crippen LogP contribution in [0, 0.1) is 0 Å². The maximum absolute atomic E-state index is 13.5. The van der Waals surface area contributed by atoms with Crippen LogP contribution in [0.1, 0.15) is 21.5 Å². The van der Waals surface area contributed by atoms with Gasteiger partial charge in [-0.25, -0.2) is 3.63 Å². The second-order valence-corrected chi connectivity index (χ2v) is 16.0. The Kier molecular flexibility index (Phi) is 9.90. The Morgan fingerprint density at radius 2 is 1.26 bits per heavy atom. The Bertz CT molecular complexity index is 1950. The fourth-order valence-corrected chi connectivity index (χ4v) is 10.5. The van der Waals surface area contributed by atoms with Gasteiger partial charge in [-0.2, -0.15) is 21.6 Å². The number of carbonyl (C=O) groups excluding carboxylic acids is 1. The molecule has 0 aliphatic rings. The van der Waals surface area contributed by atoms with Crippen molar-refractivity contribution in [3.8, 4) is 5.75 Å². The molecule has 0 N–H and O–H groups in total. The summed E-state index contributed by atoms with van der Waals surface area (Å²) in [6.45, 7) is 0. The van der Waals surface area contributed by atoms with Crippen LogP contribution in [-0.2, 0) is 19.9 Å². The Morgan fingerprint density at radius 3 is 1.78 bits per heavy atom. The molecule has 0 saturated heterocycles. The molecule has 0 heterocycles. The van der Waals surface area contributed by atoms with Gasteiger partial charge in [0, 0.05) is 35.6 Å². The number of rotatable bonds is 10. The number of hydrogen-bond acceptors (Lipinski definition) is 6. The number of benzene rings is 5. The van der Waals surface area contributed by atoms with Crippen molar-refractivity contribution in [1.82, 2.24) is 0 Å². The van der Waals surface area contributed by atoms with E-state index >= 15 is 0 Å². The number of hydrogen-bond donors (Lipinski definition) is 0. The third kappa shape index (κ3) is 7.45. The SMILES string of the molecule is COc1ccc(S(OS(C)(=O)=O)(c2ccc(Sc3ccc(Cl)c(C(=O)c4ccccc4)c3)cc2)c2ccc(C(F)(F)F)cc2)cc1. The topological polar surface area (TPSA) is 69.7 Å². The van der Waals surface area contributed by atoms with Crippen molar-refractivity contribution in [2.75, 3.05) is 13.4 Å². The van der Waals surface area contributed by atoms with E-state index in [1.165, 1.54) is 31.0 Å². The highest BCUT2D eigenvalue weighted by molar-refractivity contribution is 8.33. The maximum Gasteiger partial charge on any atom is 0.416 e. The molecule has 5 nitrogen and oxygen atoms in total. The van der Waals surface area contributed by atoms with Crippen LogP contribution in [0.2, 0.25) is 5.02 Å². The molecule has 46 heavy (non-hydrogen) atoms. The smallest absolute Gasteiger partial charge is 0.416 e. The molecular weight excluding hydrogens is 677 g/mol. The van der Waals surface area contributed by atoms with Crippen LogP contribution in [0.4, 0.5) is 13.2 Å². The van der Waals surface area contributed by atoms with Crippen molar-refractivity contribution in [2.45, 2.75) is 30.7 Å². The van der Waals surface area contributed by atoms with Crippen molar-refractivity contribution in [1.29, 1.82) is 0 Å². The van der Waals surface area contributed by atoms with Gasteiger partial charge >= 0.3 is 6.18 Å². The zero-order valence-corrected chi connectivity index (χ0v) is 27.5. The summed E-state index contributed by atoms with van der Waals surface area (Å²) in [5.41, 5.74) is -0.0253. The van der Waals surface area contributed by atoms with Gasteiger partial charge < -0.3 is 4.74 Å². The van der Waals surface area contributed by atoms with Gasteiger partial charge in [-0.1, -0.05) is 53.7 Å². The lowest BCUT2D eigenvalue weighted by atomic mass is 10.0. The molecule has 0 amide bonds. The quantitative estimate of drug-likeness (QED) is 0.135. The van der Waals surface area contributed by atoms with Crippen molar-refractivity contribution >= 4 is 49.6 Å². The minimum absolute atomic E-state index is 0.217. The molecule has 5 aromatic rings. The Morgan fingerprint density at radius 1 is 0.739 bits per heavy atom. The highest BCUT2D eigenvalue weighted by atomic mass is 35.5. The first-order valence-electron chi connectivity index (χ1n) is 13.5. The summed E-state index contributed by atoms with van der Waals surface area (Å²) in [5.74, 6) is 0.286. The van der Waals surface area contributed by atoms with E-state index in [1.54, 1.807) is 91.0 Å².